The normalized spacial score (nSPS) is 19.8. The highest BCUT2D eigenvalue weighted by atomic mass is 35.5. The van der Waals surface area contributed by atoms with Crippen molar-refractivity contribution in [1.29, 1.82) is 0 Å². The summed E-state index contributed by atoms with van der Waals surface area (Å²) in [4.78, 5) is 44.0. The van der Waals surface area contributed by atoms with Gasteiger partial charge in [-0.2, -0.15) is 8.42 Å². The third kappa shape index (κ3) is 4.54. The van der Waals surface area contributed by atoms with E-state index in [4.69, 9.17) is 16.2 Å². The molecule has 3 amide bonds. The van der Waals surface area contributed by atoms with Crippen molar-refractivity contribution in [2.75, 3.05) is 25.0 Å². The van der Waals surface area contributed by atoms with E-state index < -0.39 is 52.5 Å². The van der Waals surface area contributed by atoms with Gasteiger partial charge in [0.15, 0.2) is 10.8 Å². The van der Waals surface area contributed by atoms with Gasteiger partial charge in [-0.15, -0.1) is 22.9 Å². The highest BCUT2D eigenvalue weighted by Crippen LogP contribution is 2.24. The second kappa shape index (κ2) is 8.76. The van der Waals surface area contributed by atoms with Crippen LogP contribution in [0.15, 0.2) is 10.5 Å². The summed E-state index contributed by atoms with van der Waals surface area (Å²) in [5.74, 6) is -3.08. The molecule has 0 radical (unpaired) electrons. The maximum absolute atomic E-state index is 13.1. The molecule has 3 N–H and O–H groups in total. The fourth-order valence-corrected chi connectivity index (χ4v) is 3.85. The molecule has 154 valence electrons. The van der Waals surface area contributed by atoms with E-state index in [1.54, 1.807) is 0 Å². The van der Waals surface area contributed by atoms with Crippen LogP contribution >= 0.6 is 22.9 Å². The highest BCUT2D eigenvalue weighted by molar-refractivity contribution is 7.84. The Morgan fingerprint density at radius 3 is 2.75 bits per heavy atom. The number of carbonyl (C=O) groups is 3. The molecule has 1 aliphatic rings. The number of nitrogens with one attached hydrogen (secondary N) is 2. The molecule has 1 saturated heterocycles. The van der Waals surface area contributed by atoms with Gasteiger partial charge in [0.2, 0.25) is 5.91 Å². The van der Waals surface area contributed by atoms with Gasteiger partial charge >= 0.3 is 10.3 Å². The van der Waals surface area contributed by atoms with Crippen LogP contribution in [0.5, 0.6) is 0 Å². The van der Waals surface area contributed by atoms with E-state index in [2.05, 4.69) is 25.6 Å². The summed E-state index contributed by atoms with van der Waals surface area (Å²) < 4.78 is 44.1. The highest BCUT2D eigenvalue weighted by Gasteiger charge is 2.54. The molecule has 0 bridgehead atoms. The summed E-state index contributed by atoms with van der Waals surface area (Å²) in [5.41, 5.74) is -0.453. The molecule has 2 rings (SSSR count). The second-order valence-corrected chi connectivity index (χ2v) is 7.54. The third-order valence-electron chi connectivity index (χ3n) is 3.37. The molecule has 28 heavy (non-hydrogen) atoms. The number of hydrogen-bond acceptors (Lipinski definition) is 9. The SMILES string of the molecule is CO/N=C(\C(=O)NC1C(=O)N(S(=O)(=O)O)C1CF)c1csc(NC(=O)CCl)n1. The Morgan fingerprint density at radius 1 is 1.54 bits per heavy atom. The summed E-state index contributed by atoms with van der Waals surface area (Å²) in [6.45, 7) is -1.33. The lowest BCUT2D eigenvalue weighted by Crippen LogP contribution is -2.73. The molecule has 16 heteroatoms. The second-order valence-electron chi connectivity index (χ2n) is 5.13. The van der Waals surface area contributed by atoms with Gasteiger partial charge in [0.05, 0.1) is 0 Å². The lowest BCUT2D eigenvalue weighted by Gasteiger charge is -2.42. The molecule has 2 unspecified atom stereocenters. The quantitative estimate of drug-likeness (QED) is 0.149. The Morgan fingerprint density at radius 2 is 2.21 bits per heavy atom. The maximum Gasteiger partial charge on any atom is 0.362 e. The first-order chi connectivity index (χ1) is 13.1. The van der Waals surface area contributed by atoms with Crippen LogP contribution in [-0.4, -0.2) is 77.4 Å². The largest absolute Gasteiger partial charge is 0.398 e. The molecule has 0 aliphatic carbocycles. The lowest BCUT2D eigenvalue weighted by molar-refractivity contribution is -0.145. The van der Waals surface area contributed by atoms with Crippen molar-refractivity contribution in [2.45, 2.75) is 12.1 Å². The molecule has 0 saturated carbocycles. The van der Waals surface area contributed by atoms with Crippen LogP contribution in [0.1, 0.15) is 5.69 Å². The van der Waals surface area contributed by atoms with Crippen LogP contribution in [0.3, 0.4) is 0 Å². The molecule has 2 heterocycles. The number of oxime groups is 1. The van der Waals surface area contributed by atoms with Crippen LogP contribution in [0, 0.1) is 0 Å². The lowest BCUT2D eigenvalue weighted by atomic mass is 10.00. The van der Waals surface area contributed by atoms with Gasteiger partial charge in [0.1, 0.15) is 37.4 Å². The number of carbonyl (C=O) groups excluding carboxylic acids is 3. The van der Waals surface area contributed by atoms with Crippen LogP contribution in [0.2, 0.25) is 0 Å². The Bertz CT molecular complexity index is 921. The first-order valence-electron chi connectivity index (χ1n) is 7.24. The minimum Gasteiger partial charge on any atom is -0.398 e. The molecule has 0 spiro atoms. The number of rotatable bonds is 8. The third-order valence-corrected chi connectivity index (χ3v) is 5.32. The van der Waals surface area contributed by atoms with Gasteiger partial charge in [-0.1, -0.05) is 5.16 Å². The first kappa shape index (κ1) is 21.9. The number of anilines is 1. The van der Waals surface area contributed by atoms with E-state index >= 15 is 0 Å². The first-order valence-corrected chi connectivity index (χ1v) is 10.1. The van der Waals surface area contributed by atoms with Gasteiger partial charge in [0.25, 0.3) is 11.8 Å². The Kier molecular flexibility index (Phi) is 6.87. The van der Waals surface area contributed by atoms with Gasteiger partial charge in [-0.3, -0.25) is 18.9 Å². The molecule has 1 aromatic rings. The number of amides is 3. The summed E-state index contributed by atoms with van der Waals surface area (Å²) >= 11 is 6.31. The fraction of sp³-hybridized carbons (Fsp3) is 0.417. The zero-order valence-corrected chi connectivity index (χ0v) is 16.3. The minimum absolute atomic E-state index is 0.0376. The molecule has 1 aliphatic heterocycles. The van der Waals surface area contributed by atoms with Gasteiger partial charge in [-0.05, 0) is 0 Å². The van der Waals surface area contributed by atoms with Crippen molar-refractivity contribution in [3.63, 3.8) is 0 Å². The van der Waals surface area contributed by atoms with Crippen LogP contribution in [-0.2, 0) is 29.5 Å². The van der Waals surface area contributed by atoms with E-state index in [0.29, 0.717) is 0 Å². The molecule has 0 aromatic carbocycles. The smallest absolute Gasteiger partial charge is 0.362 e. The summed E-state index contributed by atoms with van der Waals surface area (Å²) in [6.07, 6.45) is 0. The number of thiazole rings is 1. The molecule has 2 atom stereocenters. The van der Waals surface area contributed by atoms with Gasteiger partial charge < -0.3 is 15.5 Å². The Labute approximate surface area is 166 Å². The predicted octanol–water partition coefficient (Wildman–Crippen LogP) is -0.861. The standard InChI is InChI=1S/C12H13ClFN5O7S2/c1-26-18-8(5-4-27-12(15-5)16-7(20)2-13)10(21)17-9-6(3-14)19(11(9)22)28(23,24)25/h4,6,9H,2-3H2,1H3,(H,17,21)(H,15,16,20)(H,23,24,25)/b18-8-. The number of halogens is 2. The average Bonchev–Trinajstić information content (AvgIpc) is 3.08. The van der Waals surface area contributed by atoms with E-state index in [-0.39, 0.29) is 21.0 Å². The number of hydrogen-bond donors (Lipinski definition) is 3. The molecule has 12 nitrogen and oxygen atoms in total. The number of alkyl halides is 2. The zero-order chi connectivity index (χ0) is 21.1. The summed E-state index contributed by atoms with van der Waals surface area (Å²) in [5, 5.41) is 9.42. The van der Waals surface area contributed by atoms with Crippen LogP contribution in [0.4, 0.5) is 9.52 Å². The average molecular weight is 458 g/mol. The van der Waals surface area contributed by atoms with Crippen molar-refractivity contribution in [3.05, 3.63) is 11.1 Å². The minimum atomic E-state index is -4.96. The van der Waals surface area contributed by atoms with E-state index in [1.807, 2.05) is 0 Å². The molecular formula is C12H13ClFN5O7S2. The van der Waals surface area contributed by atoms with Gasteiger partial charge in [-0.25, -0.2) is 13.7 Å². The maximum atomic E-state index is 13.1. The Hall–Kier alpha value is -2.36. The molecule has 1 fully saturated rings. The van der Waals surface area contributed by atoms with Crippen molar-refractivity contribution in [2.24, 2.45) is 5.16 Å². The molecule has 1 aromatic heterocycles. The number of aromatic nitrogens is 1. The van der Waals surface area contributed by atoms with E-state index in [0.717, 1.165) is 18.4 Å². The van der Waals surface area contributed by atoms with Crippen molar-refractivity contribution in [3.8, 4) is 0 Å². The number of nitrogens with zero attached hydrogens (tertiary/aromatic N) is 3. The number of β-lactam (4-membered cyclic amide) rings is 1. The topological polar surface area (TPSA) is 167 Å². The molecular weight excluding hydrogens is 445 g/mol. The summed E-state index contributed by atoms with van der Waals surface area (Å²) in [6, 6.07) is -3.15. The van der Waals surface area contributed by atoms with Crippen molar-refractivity contribution in [1.82, 2.24) is 14.6 Å². The Balaban J connectivity index is 2.17. The zero-order valence-electron chi connectivity index (χ0n) is 14.0. The fourth-order valence-electron chi connectivity index (χ4n) is 2.21. The monoisotopic (exact) mass is 457 g/mol. The van der Waals surface area contributed by atoms with Gasteiger partial charge in [0, 0.05) is 5.38 Å². The van der Waals surface area contributed by atoms with Crippen molar-refractivity contribution >= 4 is 61.8 Å². The van der Waals surface area contributed by atoms with Crippen LogP contribution in [0.25, 0.3) is 0 Å². The van der Waals surface area contributed by atoms with Crippen molar-refractivity contribution < 1.29 is 36.6 Å². The predicted molar refractivity (Wildman–Crippen MR) is 95.1 cm³/mol. The van der Waals surface area contributed by atoms with E-state index in [1.165, 1.54) is 5.38 Å². The van der Waals surface area contributed by atoms with Crippen LogP contribution < -0.4 is 10.6 Å². The van der Waals surface area contributed by atoms with E-state index in [9.17, 15) is 27.2 Å². The summed E-state index contributed by atoms with van der Waals surface area (Å²) in [7, 11) is -3.83.